The molecule has 27 heavy (non-hydrogen) atoms. The number of β-amino-alcohol motifs (C(OH)–C–C–N with tert-alkyl or cyclic N) is 1. The van der Waals surface area contributed by atoms with E-state index >= 15 is 0 Å². The SMILES string of the molecule is Cl.O=C(N[C@@H]1CNC[C@H]1O)c1cccc(-c2cccc(OC(F)(F)F)c2)c1. The standard InChI is InChI=1S/C18H17F3N2O3.ClH/c19-18(20,21)26-14-6-2-4-12(8-14)11-3-1-5-13(7-11)17(25)23-15-9-22-10-16(15)24;/h1-8,15-16,22,24H,9-10H2,(H,23,25);1H/t15-,16-;/m1./s1. The van der Waals surface area contributed by atoms with Gasteiger partial charge >= 0.3 is 6.36 Å². The summed E-state index contributed by atoms with van der Waals surface area (Å²) in [7, 11) is 0. The monoisotopic (exact) mass is 402 g/mol. The van der Waals surface area contributed by atoms with Crippen LogP contribution in [0.2, 0.25) is 0 Å². The first-order valence-electron chi connectivity index (χ1n) is 7.98. The molecule has 3 N–H and O–H groups in total. The van der Waals surface area contributed by atoms with E-state index in [1.807, 2.05) is 0 Å². The molecule has 0 saturated carbocycles. The number of aliphatic hydroxyl groups excluding tert-OH is 1. The van der Waals surface area contributed by atoms with E-state index in [4.69, 9.17) is 0 Å². The highest BCUT2D eigenvalue weighted by molar-refractivity contribution is 5.95. The van der Waals surface area contributed by atoms with Crippen LogP contribution in [-0.2, 0) is 0 Å². The van der Waals surface area contributed by atoms with Crippen molar-refractivity contribution in [2.45, 2.75) is 18.5 Å². The fourth-order valence-corrected chi connectivity index (χ4v) is 2.78. The first-order valence-corrected chi connectivity index (χ1v) is 7.98. The number of nitrogens with one attached hydrogen (secondary N) is 2. The number of halogens is 4. The van der Waals surface area contributed by atoms with Gasteiger partial charge in [0.25, 0.3) is 5.91 Å². The molecule has 0 unspecified atom stereocenters. The van der Waals surface area contributed by atoms with Gasteiger partial charge in [0.1, 0.15) is 5.75 Å². The smallest absolute Gasteiger partial charge is 0.406 e. The van der Waals surface area contributed by atoms with Crippen LogP contribution in [0.5, 0.6) is 5.75 Å². The number of hydrogen-bond acceptors (Lipinski definition) is 4. The Hall–Kier alpha value is -2.29. The molecule has 1 aliphatic heterocycles. The van der Waals surface area contributed by atoms with Crippen molar-refractivity contribution >= 4 is 18.3 Å². The van der Waals surface area contributed by atoms with Crippen molar-refractivity contribution in [2.24, 2.45) is 0 Å². The molecule has 3 rings (SSSR count). The van der Waals surface area contributed by atoms with Crippen molar-refractivity contribution in [3.8, 4) is 16.9 Å². The second-order valence-electron chi connectivity index (χ2n) is 5.96. The summed E-state index contributed by atoms with van der Waals surface area (Å²) in [5, 5.41) is 15.5. The third-order valence-corrected chi connectivity index (χ3v) is 4.02. The van der Waals surface area contributed by atoms with Crippen LogP contribution in [0, 0.1) is 0 Å². The maximum absolute atomic E-state index is 12.4. The minimum atomic E-state index is -4.77. The molecule has 0 aromatic heterocycles. The van der Waals surface area contributed by atoms with Crippen LogP contribution in [0.15, 0.2) is 48.5 Å². The summed E-state index contributed by atoms with van der Waals surface area (Å²) in [5.41, 5.74) is 1.42. The van der Waals surface area contributed by atoms with E-state index in [1.165, 1.54) is 18.2 Å². The van der Waals surface area contributed by atoms with Crippen molar-refractivity contribution in [3.63, 3.8) is 0 Å². The molecule has 1 saturated heterocycles. The molecule has 0 bridgehead atoms. The maximum atomic E-state index is 12.4. The average Bonchev–Trinajstić information content (AvgIpc) is 2.98. The first kappa shape index (κ1) is 21.0. The lowest BCUT2D eigenvalue weighted by atomic mass is 10.0. The molecular weight excluding hydrogens is 385 g/mol. The molecule has 146 valence electrons. The van der Waals surface area contributed by atoms with Crippen molar-refractivity contribution in [2.75, 3.05) is 13.1 Å². The van der Waals surface area contributed by atoms with Gasteiger partial charge in [0.15, 0.2) is 0 Å². The van der Waals surface area contributed by atoms with Gasteiger partial charge in [0.2, 0.25) is 0 Å². The maximum Gasteiger partial charge on any atom is 0.573 e. The van der Waals surface area contributed by atoms with Crippen molar-refractivity contribution < 1.29 is 27.8 Å². The van der Waals surface area contributed by atoms with Crippen LogP contribution in [0.3, 0.4) is 0 Å². The van der Waals surface area contributed by atoms with E-state index in [9.17, 15) is 23.1 Å². The number of rotatable bonds is 4. The second-order valence-corrected chi connectivity index (χ2v) is 5.96. The summed E-state index contributed by atoms with van der Waals surface area (Å²) in [6, 6.07) is 11.7. The quantitative estimate of drug-likeness (QED) is 0.735. The van der Waals surface area contributed by atoms with Crippen molar-refractivity contribution in [1.82, 2.24) is 10.6 Å². The molecule has 5 nitrogen and oxygen atoms in total. The molecular formula is C18H18ClF3N2O3. The second kappa shape index (κ2) is 8.60. The fourth-order valence-electron chi connectivity index (χ4n) is 2.78. The third kappa shape index (κ3) is 5.59. The summed E-state index contributed by atoms with van der Waals surface area (Å²) in [4.78, 5) is 12.4. The fraction of sp³-hybridized carbons (Fsp3) is 0.278. The Morgan fingerprint density at radius 1 is 1.11 bits per heavy atom. The number of benzene rings is 2. The number of hydrogen-bond donors (Lipinski definition) is 3. The van der Waals surface area contributed by atoms with E-state index in [0.717, 1.165) is 0 Å². The third-order valence-electron chi connectivity index (χ3n) is 4.02. The zero-order valence-electron chi connectivity index (χ0n) is 14.0. The number of ether oxygens (including phenoxy) is 1. The van der Waals surface area contributed by atoms with Crippen LogP contribution in [0.1, 0.15) is 10.4 Å². The minimum absolute atomic E-state index is 0. The van der Waals surface area contributed by atoms with Gasteiger partial charge < -0.3 is 20.5 Å². The van der Waals surface area contributed by atoms with Gasteiger partial charge in [0.05, 0.1) is 12.1 Å². The molecule has 0 spiro atoms. The largest absolute Gasteiger partial charge is 0.573 e. The Morgan fingerprint density at radius 3 is 2.41 bits per heavy atom. The number of alkyl halides is 3. The molecule has 1 fully saturated rings. The Kier molecular flexibility index (Phi) is 6.69. The summed E-state index contributed by atoms with van der Waals surface area (Å²) >= 11 is 0. The zero-order chi connectivity index (χ0) is 18.7. The molecule has 0 radical (unpaired) electrons. The van der Waals surface area contributed by atoms with E-state index < -0.39 is 12.5 Å². The van der Waals surface area contributed by atoms with Gasteiger partial charge in [-0.15, -0.1) is 25.6 Å². The minimum Gasteiger partial charge on any atom is -0.406 e. The van der Waals surface area contributed by atoms with Gasteiger partial charge in [0, 0.05) is 18.7 Å². The van der Waals surface area contributed by atoms with E-state index in [0.29, 0.717) is 29.8 Å². The van der Waals surface area contributed by atoms with Crippen molar-refractivity contribution in [3.05, 3.63) is 54.1 Å². The predicted molar refractivity (Wildman–Crippen MR) is 95.9 cm³/mol. The van der Waals surface area contributed by atoms with Crippen LogP contribution in [-0.4, -0.2) is 42.6 Å². The molecule has 2 aromatic rings. The molecule has 1 aliphatic rings. The van der Waals surface area contributed by atoms with Crippen LogP contribution >= 0.6 is 12.4 Å². The molecule has 2 aromatic carbocycles. The molecule has 2 atom stereocenters. The molecule has 1 amide bonds. The lowest BCUT2D eigenvalue weighted by Gasteiger charge is -2.16. The topological polar surface area (TPSA) is 70.6 Å². The Morgan fingerprint density at radius 2 is 1.78 bits per heavy atom. The van der Waals surface area contributed by atoms with Crippen LogP contribution < -0.4 is 15.4 Å². The van der Waals surface area contributed by atoms with E-state index in [1.54, 1.807) is 30.3 Å². The predicted octanol–water partition coefficient (Wildman–Crippen LogP) is 2.74. The highest BCUT2D eigenvalue weighted by atomic mass is 35.5. The first-order chi connectivity index (χ1) is 12.3. The summed E-state index contributed by atoms with van der Waals surface area (Å²) in [6.07, 6.45) is -5.42. The van der Waals surface area contributed by atoms with Gasteiger partial charge in [-0.25, -0.2) is 0 Å². The Bertz CT molecular complexity index is 801. The lowest BCUT2D eigenvalue weighted by Crippen LogP contribution is -2.42. The normalized spacial score (nSPS) is 19.3. The number of carbonyl (C=O) groups is 1. The Balaban J connectivity index is 0.00000261. The van der Waals surface area contributed by atoms with Gasteiger partial charge in [-0.1, -0.05) is 24.3 Å². The lowest BCUT2D eigenvalue weighted by molar-refractivity contribution is -0.274. The van der Waals surface area contributed by atoms with E-state index in [-0.39, 0.29) is 30.1 Å². The van der Waals surface area contributed by atoms with Gasteiger partial charge in [-0.3, -0.25) is 4.79 Å². The van der Waals surface area contributed by atoms with Crippen LogP contribution in [0.25, 0.3) is 11.1 Å². The number of amides is 1. The van der Waals surface area contributed by atoms with Crippen LogP contribution in [0.4, 0.5) is 13.2 Å². The summed E-state index contributed by atoms with van der Waals surface area (Å²) in [6.45, 7) is 0.889. The molecule has 1 heterocycles. The Labute approximate surface area is 159 Å². The molecule has 9 heteroatoms. The van der Waals surface area contributed by atoms with Gasteiger partial charge in [-0.05, 0) is 35.4 Å². The molecule has 0 aliphatic carbocycles. The number of aliphatic hydroxyl groups is 1. The zero-order valence-corrected chi connectivity index (χ0v) is 14.8. The number of carbonyl (C=O) groups excluding carboxylic acids is 1. The summed E-state index contributed by atoms with van der Waals surface area (Å²) < 4.78 is 41.0. The van der Waals surface area contributed by atoms with Crippen molar-refractivity contribution in [1.29, 1.82) is 0 Å². The van der Waals surface area contributed by atoms with E-state index in [2.05, 4.69) is 15.4 Å². The average molecular weight is 403 g/mol. The summed E-state index contributed by atoms with van der Waals surface area (Å²) in [5.74, 6) is -0.688. The highest BCUT2D eigenvalue weighted by Gasteiger charge is 2.31. The van der Waals surface area contributed by atoms with Gasteiger partial charge in [-0.2, -0.15) is 0 Å². The highest BCUT2D eigenvalue weighted by Crippen LogP contribution is 2.28.